The third-order valence-electron chi connectivity index (χ3n) is 3.14. The molecule has 0 atom stereocenters. The summed E-state index contributed by atoms with van der Waals surface area (Å²) in [5, 5.41) is 3.23. The Hall–Kier alpha value is -2.08. The van der Waals surface area contributed by atoms with Crippen molar-refractivity contribution in [2.75, 3.05) is 10.0 Å². The number of rotatable bonds is 4. The van der Waals surface area contributed by atoms with E-state index in [1.54, 1.807) is 31.2 Å². The normalized spacial score (nSPS) is 12.0. The Morgan fingerprint density at radius 2 is 1.74 bits per heavy atom. The zero-order valence-electron chi connectivity index (χ0n) is 14.1. The molecule has 0 bridgehead atoms. The first-order valence-corrected chi connectivity index (χ1v) is 8.89. The Morgan fingerprint density at radius 3 is 2.26 bits per heavy atom. The Morgan fingerprint density at radius 1 is 1.04 bits per heavy atom. The number of sulfonamides is 1. The molecule has 1 heterocycles. The second kappa shape index (κ2) is 6.20. The zero-order valence-corrected chi connectivity index (χ0v) is 15.0. The minimum Gasteiger partial charge on any atom is -0.365 e. The van der Waals surface area contributed by atoms with E-state index < -0.39 is 10.0 Å². The topological polar surface area (TPSA) is 71.1 Å². The van der Waals surface area contributed by atoms with Crippen LogP contribution in [0.2, 0.25) is 0 Å². The highest BCUT2D eigenvalue weighted by Crippen LogP contribution is 2.21. The molecule has 0 aliphatic rings. The Balaban J connectivity index is 2.21. The van der Waals surface area contributed by atoms with Gasteiger partial charge in [-0.05, 0) is 58.4 Å². The second-order valence-corrected chi connectivity index (χ2v) is 8.33. The van der Waals surface area contributed by atoms with E-state index in [0.717, 1.165) is 11.1 Å². The maximum Gasteiger partial charge on any atom is 0.262 e. The molecule has 0 spiro atoms. The van der Waals surface area contributed by atoms with Crippen molar-refractivity contribution in [1.29, 1.82) is 0 Å². The van der Waals surface area contributed by atoms with Gasteiger partial charge in [-0.1, -0.05) is 17.7 Å². The van der Waals surface area contributed by atoms with Gasteiger partial charge in [-0.2, -0.15) is 0 Å². The van der Waals surface area contributed by atoms with Crippen LogP contribution in [0, 0.1) is 13.8 Å². The van der Waals surface area contributed by atoms with E-state index in [1.807, 2.05) is 33.8 Å². The zero-order chi connectivity index (χ0) is 17.3. The number of pyridine rings is 1. The summed E-state index contributed by atoms with van der Waals surface area (Å²) in [5.41, 5.74) is 2.08. The van der Waals surface area contributed by atoms with E-state index in [-0.39, 0.29) is 10.4 Å². The van der Waals surface area contributed by atoms with E-state index in [1.165, 1.54) is 6.20 Å². The van der Waals surface area contributed by atoms with E-state index in [4.69, 9.17) is 0 Å². The summed E-state index contributed by atoms with van der Waals surface area (Å²) in [6.07, 6.45) is 1.51. The molecule has 5 nitrogen and oxygen atoms in total. The molecule has 1 aromatic heterocycles. The molecule has 0 radical (unpaired) electrons. The lowest BCUT2D eigenvalue weighted by Crippen LogP contribution is -2.26. The van der Waals surface area contributed by atoms with Gasteiger partial charge in [0.25, 0.3) is 10.0 Å². The number of nitrogens with zero attached hydrogens (tertiary/aromatic N) is 1. The minimum absolute atomic E-state index is 0.104. The Labute approximate surface area is 138 Å². The minimum atomic E-state index is -3.62. The average Bonchev–Trinajstić information content (AvgIpc) is 2.38. The van der Waals surface area contributed by atoms with Crippen LogP contribution in [0.5, 0.6) is 0 Å². The van der Waals surface area contributed by atoms with Crippen LogP contribution in [-0.4, -0.2) is 18.9 Å². The van der Waals surface area contributed by atoms with Gasteiger partial charge >= 0.3 is 0 Å². The molecular formula is C17H23N3O2S. The van der Waals surface area contributed by atoms with Crippen LogP contribution < -0.4 is 10.0 Å². The van der Waals surface area contributed by atoms with E-state index in [9.17, 15) is 8.42 Å². The number of nitrogens with one attached hydrogen (secondary N) is 2. The van der Waals surface area contributed by atoms with E-state index >= 15 is 0 Å². The first-order chi connectivity index (χ1) is 10.6. The van der Waals surface area contributed by atoms with Gasteiger partial charge < -0.3 is 5.32 Å². The van der Waals surface area contributed by atoms with Crippen LogP contribution >= 0.6 is 0 Å². The molecule has 0 amide bonds. The van der Waals surface area contributed by atoms with Gasteiger partial charge in [0.1, 0.15) is 5.82 Å². The standard InChI is InChI=1S/C17H23N3O2S/c1-12-6-8-15(13(2)10-12)23(21,22)20-14-7-9-16(18-11-14)19-17(3,4)5/h6-11,20H,1-5H3,(H,18,19). The monoisotopic (exact) mass is 333 g/mol. The van der Waals surface area contributed by atoms with Gasteiger partial charge in [-0.25, -0.2) is 13.4 Å². The molecule has 124 valence electrons. The van der Waals surface area contributed by atoms with Crippen molar-refractivity contribution in [3.63, 3.8) is 0 Å². The molecule has 0 aliphatic heterocycles. The maximum absolute atomic E-state index is 12.5. The summed E-state index contributed by atoms with van der Waals surface area (Å²) < 4.78 is 27.6. The number of aryl methyl sites for hydroxylation is 2. The predicted octanol–water partition coefficient (Wildman–Crippen LogP) is 3.71. The number of benzene rings is 1. The molecule has 0 unspecified atom stereocenters. The fraction of sp³-hybridized carbons (Fsp3) is 0.353. The molecule has 1 aromatic carbocycles. The van der Waals surface area contributed by atoms with Crippen LogP contribution in [0.15, 0.2) is 41.4 Å². The SMILES string of the molecule is Cc1ccc(S(=O)(=O)Nc2ccc(NC(C)(C)C)nc2)c(C)c1. The molecule has 0 saturated carbocycles. The molecule has 6 heteroatoms. The van der Waals surface area contributed by atoms with Crippen LogP contribution in [0.4, 0.5) is 11.5 Å². The first-order valence-electron chi connectivity index (χ1n) is 7.41. The van der Waals surface area contributed by atoms with Crippen molar-refractivity contribution in [3.8, 4) is 0 Å². The van der Waals surface area contributed by atoms with Crippen molar-refractivity contribution in [1.82, 2.24) is 4.98 Å². The smallest absolute Gasteiger partial charge is 0.262 e. The van der Waals surface area contributed by atoms with Crippen molar-refractivity contribution in [2.45, 2.75) is 45.1 Å². The number of hydrogen-bond donors (Lipinski definition) is 2. The van der Waals surface area contributed by atoms with Crippen molar-refractivity contribution in [2.24, 2.45) is 0 Å². The quantitative estimate of drug-likeness (QED) is 0.895. The summed E-state index contributed by atoms with van der Waals surface area (Å²) in [5.74, 6) is 0.701. The average molecular weight is 333 g/mol. The van der Waals surface area contributed by atoms with Crippen molar-refractivity contribution >= 4 is 21.5 Å². The van der Waals surface area contributed by atoms with Gasteiger partial charge in [-0.3, -0.25) is 4.72 Å². The fourth-order valence-electron chi connectivity index (χ4n) is 2.22. The lowest BCUT2D eigenvalue weighted by molar-refractivity contribution is 0.600. The lowest BCUT2D eigenvalue weighted by Gasteiger charge is -2.21. The Kier molecular flexibility index (Phi) is 4.66. The lowest BCUT2D eigenvalue weighted by atomic mass is 10.1. The third-order valence-corrected chi connectivity index (χ3v) is 4.68. The highest BCUT2D eigenvalue weighted by Gasteiger charge is 2.17. The van der Waals surface area contributed by atoms with Crippen molar-refractivity contribution < 1.29 is 8.42 Å². The summed E-state index contributed by atoms with van der Waals surface area (Å²) in [7, 11) is -3.62. The van der Waals surface area contributed by atoms with Gasteiger partial charge in [-0.15, -0.1) is 0 Å². The number of hydrogen-bond acceptors (Lipinski definition) is 4. The van der Waals surface area contributed by atoms with E-state index in [0.29, 0.717) is 11.5 Å². The predicted molar refractivity (Wildman–Crippen MR) is 94.3 cm³/mol. The van der Waals surface area contributed by atoms with Gasteiger partial charge in [0.05, 0.1) is 16.8 Å². The molecule has 2 rings (SSSR count). The number of aromatic nitrogens is 1. The van der Waals surface area contributed by atoms with E-state index in [2.05, 4.69) is 15.0 Å². The van der Waals surface area contributed by atoms with Crippen LogP contribution in [0.3, 0.4) is 0 Å². The molecule has 0 fully saturated rings. The van der Waals surface area contributed by atoms with Gasteiger partial charge in [0.15, 0.2) is 0 Å². The molecular weight excluding hydrogens is 310 g/mol. The summed E-state index contributed by atoms with van der Waals surface area (Å²) >= 11 is 0. The summed E-state index contributed by atoms with van der Waals surface area (Å²) in [6, 6.07) is 8.71. The molecule has 0 saturated heterocycles. The van der Waals surface area contributed by atoms with Gasteiger partial charge in [0, 0.05) is 5.54 Å². The summed E-state index contributed by atoms with van der Waals surface area (Å²) in [6.45, 7) is 9.82. The Bertz CT molecular complexity index is 792. The van der Waals surface area contributed by atoms with Gasteiger partial charge in [0.2, 0.25) is 0 Å². The maximum atomic E-state index is 12.5. The summed E-state index contributed by atoms with van der Waals surface area (Å²) in [4.78, 5) is 4.52. The molecule has 2 N–H and O–H groups in total. The largest absolute Gasteiger partial charge is 0.365 e. The highest BCUT2D eigenvalue weighted by atomic mass is 32.2. The third kappa shape index (κ3) is 4.69. The molecule has 23 heavy (non-hydrogen) atoms. The van der Waals surface area contributed by atoms with Crippen molar-refractivity contribution in [3.05, 3.63) is 47.7 Å². The number of anilines is 2. The second-order valence-electron chi connectivity index (χ2n) is 6.68. The molecule has 0 aliphatic carbocycles. The molecule has 2 aromatic rings. The first kappa shape index (κ1) is 17.3. The highest BCUT2D eigenvalue weighted by molar-refractivity contribution is 7.92. The fourth-order valence-corrected chi connectivity index (χ4v) is 3.49. The van der Waals surface area contributed by atoms with Crippen LogP contribution in [0.1, 0.15) is 31.9 Å². The van der Waals surface area contributed by atoms with Crippen LogP contribution in [-0.2, 0) is 10.0 Å². The van der Waals surface area contributed by atoms with Crippen LogP contribution in [0.25, 0.3) is 0 Å².